The van der Waals surface area contributed by atoms with Gasteiger partial charge in [0.25, 0.3) is 0 Å². The van der Waals surface area contributed by atoms with E-state index in [4.69, 9.17) is 11.6 Å². The summed E-state index contributed by atoms with van der Waals surface area (Å²) in [6, 6.07) is 26.0. The highest BCUT2D eigenvalue weighted by Crippen LogP contribution is 2.48. The number of anilines is 2. The van der Waals surface area contributed by atoms with E-state index in [0.29, 0.717) is 0 Å². The second-order valence-electron chi connectivity index (χ2n) is 8.21. The van der Waals surface area contributed by atoms with Crippen LogP contribution in [0, 0.1) is 0 Å². The SMILES string of the molecule is Clc1ccc2c(c1)N(CCCN1CCC(c3ccccc3)CC1)c1ccccc1S2. The minimum absolute atomic E-state index is 0.725. The summed E-state index contributed by atoms with van der Waals surface area (Å²) < 4.78 is 0. The molecule has 3 aromatic carbocycles. The third-order valence-corrected chi connectivity index (χ3v) is 7.67. The smallest absolute Gasteiger partial charge is 0.0567 e. The van der Waals surface area contributed by atoms with Gasteiger partial charge >= 0.3 is 0 Å². The molecular weight excluding hydrogens is 408 g/mol. The molecule has 0 bridgehead atoms. The van der Waals surface area contributed by atoms with Crippen molar-refractivity contribution in [2.75, 3.05) is 31.1 Å². The van der Waals surface area contributed by atoms with Crippen LogP contribution in [0.1, 0.15) is 30.7 Å². The van der Waals surface area contributed by atoms with Gasteiger partial charge < -0.3 is 9.80 Å². The fourth-order valence-electron chi connectivity index (χ4n) is 4.71. The molecule has 0 atom stereocenters. The van der Waals surface area contributed by atoms with Crippen molar-refractivity contribution in [2.45, 2.75) is 35.0 Å². The van der Waals surface area contributed by atoms with Gasteiger partial charge in [-0.2, -0.15) is 0 Å². The van der Waals surface area contributed by atoms with Crippen molar-refractivity contribution in [1.29, 1.82) is 0 Å². The van der Waals surface area contributed by atoms with Crippen LogP contribution in [0.15, 0.2) is 82.6 Å². The van der Waals surface area contributed by atoms with Crippen LogP contribution in [0.3, 0.4) is 0 Å². The summed E-state index contributed by atoms with van der Waals surface area (Å²) in [5.41, 5.74) is 4.06. The molecule has 30 heavy (non-hydrogen) atoms. The Bertz CT molecular complexity index is 999. The molecule has 1 fully saturated rings. The Morgan fingerprint density at radius 3 is 2.37 bits per heavy atom. The predicted molar refractivity (Wildman–Crippen MR) is 128 cm³/mol. The lowest BCUT2D eigenvalue weighted by Crippen LogP contribution is -2.35. The molecule has 154 valence electrons. The number of piperidine rings is 1. The summed E-state index contributed by atoms with van der Waals surface area (Å²) >= 11 is 8.19. The molecule has 0 aliphatic carbocycles. The predicted octanol–water partition coefficient (Wildman–Crippen LogP) is 7.21. The van der Waals surface area contributed by atoms with Crippen molar-refractivity contribution in [3.63, 3.8) is 0 Å². The average molecular weight is 435 g/mol. The Labute approximate surface area is 188 Å². The van der Waals surface area contributed by atoms with E-state index in [2.05, 4.69) is 76.5 Å². The lowest BCUT2D eigenvalue weighted by Gasteiger charge is -2.35. The van der Waals surface area contributed by atoms with Gasteiger partial charge in [-0.05, 0) is 80.7 Å². The highest BCUT2D eigenvalue weighted by atomic mass is 35.5. The largest absolute Gasteiger partial charge is 0.340 e. The standard InChI is InChI=1S/C26H27ClN2S/c27-22-11-12-26-24(19-22)29(23-9-4-5-10-25(23)30-26)16-6-15-28-17-13-21(14-18-28)20-7-2-1-3-8-20/h1-5,7-12,19,21H,6,13-18H2. The quantitative estimate of drug-likeness (QED) is 0.418. The zero-order valence-electron chi connectivity index (χ0n) is 17.1. The Morgan fingerprint density at radius 1 is 0.800 bits per heavy atom. The van der Waals surface area contributed by atoms with E-state index in [1.165, 1.54) is 52.7 Å². The summed E-state index contributed by atoms with van der Waals surface area (Å²) in [6.07, 6.45) is 3.69. The van der Waals surface area contributed by atoms with Gasteiger partial charge in [-0.3, -0.25) is 0 Å². The number of benzene rings is 3. The number of hydrogen-bond acceptors (Lipinski definition) is 3. The molecule has 4 heteroatoms. The molecule has 2 nitrogen and oxygen atoms in total. The molecule has 2 aliphatic heterocycles. The molecule has 0 amide bonds. The highest BCUT2D eigenvalue weighted by Gasteiger charge is 2.24. The normalized spacial score (nSPS) is 16.9. The summed E-state index contributed by atoms with van der Waals surface area (Å²) in [5.74, 6) is 0.725. The summed E-state index contributed by atoms with van der Waals surface area (Å²) in [6.45, 7) is 4.58. The van der Waals surface area contributed by atoms with E-state index in [1.807, 2.05) is 17.8 Å². The van der Waals surface area contributed by atoms with Crippen LogP contribution in [-0.4, -0.2) is 31.1 Å². The van der Waals surface area contributed by atoms with E-state index in [9.17, 15) is 0 Å². The average Bonchev–Trinajstić information content (AvgIpc) is 2.80. The number of likely N-dealkylation sites (tertiary alicyclic amines) is 1. The lowest BCUT2D eigenvalue weighted by molar-refractivity contribution is 0.211. The minimum atomic E-state index is 0.725. The maximum atomic E-state index is 6.34. The van der Waals surface area contributed by atoms with Crippen LogP contribution in [0.4, 0.5) is 11.4 Å². The van der Waals surface area contributed by atoms with Crippen molar-refractivity contribution in [3.05, 3.63) is 83.4 Å². The van der Waals surface area contributed by atoms with Gasteiger partial charge in [-0.1, -0.05) is 65.8 Å². The molecular formula is C26H27ClN2S. The van der Waals surface area contributed by atoms with Gasteiger partial charge in [-0.25, -0.2) is 0 Å². The van der Waals surface area contributed by atoms with E-state index in [-0.39, 0.29) is 0 Å². The first kappa shape index (κ1) is 20.0. The maximum absolute atomic E-state index is 6.34. The van der Waals surface area contributed by atoms with Gasteiger partial charge in [-0.15, -0.1) is 0 Å². The molecule has 0 saturated carbocycles. The minimum Gasteiger partial charge on any atom is -0.340 e. The first-order valence-corrected chi connectivity index (χ1v) is 12.1. The summed E-state index contributed by atoms with van der Waals surface area (Å²) in [5, 5.41) is 0.807. The Balaban J connectivity index is 1.22. The summed E-state index contributed by atoms with van der Waals surface area (Å²) in [4.78, 5) is 7.73. The lowest BCUT2D eigenvalue weighted by atomic mass is 9.89. The zero-order valence-corrected chi connectivity index (χ0v) is 18.7. The number of nitrogens with zero attached hydrogens (tertiary/aromatic N) is 2. The van der Waals surface area contributed by atoms with Crippen molar-refractivity contribution in [3.8, 4) is 0 Å². The molecule has 3 aromatic rings. The van der Waals surface area contributed by atoms with Crippen LogP contribution in [0.2, 0.25) is 5.02 Å². The number of para-hydroxylation sites is 1. The van der Waals surface area contributed by atoms with Gasteiger partial charge in [0, 0.05) is 21.4 Å². The Morgan fingerprint density at radius 2 is 1.53 bits per heavy atom. The third-order valence-electron chi connectivity index (χ3n) is 6.30. The molecule has 0 radical (unpaired) electrons. The van der Waals surface area contributed by atoms with E-state index in [1.54, 1.807) is 0 Å². The van der Waals surface area contributed by atoms with Crippen molar-refractivity contribution in [2.24, 2.45) is 0 Å². The van der Waals surface area contributed by atoms with Crippen molar-refractivity contribution >= 4 is 34.7 Å². The number of hydrogen-bond donors (Lipinski definition) is 0. The second kappa shape index (κ2) is 9.05. The summed E-state index contributed by atoms with van der Waals surface area (Å²) in [7, 11) is 0. The molecule has 5 rings (SSSR count). The maximum Gasteiger partial charge on any atom is 0.0567 e. The van der Waals surface area contributed by atoms with E-state index < -0.39 is 0 Å². The highest BCUT2D eigenvalue weighted by molar-refractivity contribution is 7.99. The van der Waals surface area contributed by atoms with E-state index in [0.717, 1.165) is 30.5 Å². The van der Waals surface area contributed by atoms with Gasteiger partial charge in [0.1, 0.15) is 0 Å². The van der Waals surface area contributed by atoms with Gasteiger partial charge in [0.15, 0.2) is 0 Å². The second-order valence-corrected chi connectivity index (χ2v) is 9.73. The number of halogens is 1. The van der Waals surface area contributed by atoms with Gasteiger partial charge in [0.2, 0.25) is 0 Å². The number of fused-ring (bicyclic) bond motifs is 2. The molecule has 2 aliphatic rings. The topological polar surface area (TPSA) is 6.48 Å². The zero-order chi connectivity index (χ0) is 20.3. The molecule has 0 unspecified atom stereocenters. The van der Waals surface area contributed by atoms with Crippen LogP contribution >= 0.6 is 23.4 Å². The van der Waals surface area contributed by atoms with Crippen molar-refractivity contribution < 1.29 is 0 Å². The monoisotopic (exact) mass is 434 g/mol. The molecule has 1 saturated heterocycles. The fourth-order valence-corrected chi connectivity index (χ4v) is 5.95. The Hall–Kier alpha value is -1.94. The van der Waals surface area contributed by atoms with Crippen LogP contribution < -0.4 is 4.90 Å². The molecule has 2 heterocycles. The van der Waals surface area contributed by atoms with E-state index >= 15 is 0 Å². The molecule has 0 N–H and O–H groups in total. The van der Waals surface area contributed by atoms with Crippen LogP contribution in [-0.2, 0) is 0 Å². The van der Waals surface area contributed by atoms with Gasteiger partial charge in [0.05, 0.1) is 11.4 Å². The van der Waals surface area contributed by atoms with Crippen LogP contribution in [0.25, 0.3) is 0 Å². The first-order valence-electron chi connectivity index (χ1n) is 10.9. The molecule has 0 aromatic heterocycles. The molecule has 0 spiro atoms. The Kier molecular flexibility index (Phi) is 6.03. The van der Waals surface area contributed by atoms with Crippen LogP contribution in [0.5, 0.6) is 0 Å². The first-order chi connectivity index (χ1) is 14.8. The fraction of sp³-hybridized carbons (Fsp3) is 0.308. The number of rotatable bonds is 5. The van der Waals surface area contributed by atoms with Crippen molar-refractivity contribution in [1.82, 2.24) is 4.90 Å². The third kappa shape index (κ3) is 4.25.